The molecule has 2 atom stereocenters. The Labute approximate surface area is 500 Å². The van der Waals surface area contributed by atoms with Crippen LogP contribution >= 0.6 is 0 Å². The summed E-state index contributed by atoms with van der Waals surface area (Å²) in [7, 11) is 0. The third-order valence-corrected chi connectivity index (χ3v) is 18.5. The van der Waals surface area contributed by atoms with E-state index in [2.05, 4.69) is 20.8 Å². The van der Waals surface area contributed by atoms with Gasteiger partial charge in [-0.2, -0.15) is 0 Å². The minimum atomic E-state index is -2.66. The molecule has 0 bridgehead atoms. The second-order valence-electron chi connectivity index (χ2n) is 25.7. The van der Waals surface area contributed by atoms with Crippen LogP contribution in [0.25, 0.3) is 0 Å². The molecule has 10 nitrogen and oxygen atoms in total. The van der Waals surface area contributed by atoms with Crippen molar-refractivity contribution in [2.45, 2.75) is 392 Å². The molecule has 2 saturated heterocycles. The average molecular weight is 1140 g/mol. The van der Waals surface area contributed by atoms with Gasteiger partial charge in [-0.1, -0.05) is 367 Å². The Balaban J connectivity index is 2.06. The van der Waals surface area contributed by atoms with Gasteiger partial charge < -0.3 is 24.2 Å². The summed E-state index contributed by atoms with van der Waals surface area (Å²) in [4.78, 5) is 63.0. The summed E-state index contributed by atoms with van der Waals surface area (Å²) in [5, 5.41) is 14.9. The number of esters is 2. The molecule has 81 heavy (non-hydrogen) atoms. The molecule has 2 heterocycles. The summed E-state index contributed by atoms with van der Waals surface area (Å²) in [6, 6.07) is 0. The normalized spacial score (nSPS) is 17.2. The maximum absolute atomic E-state index is 15.2. The first-order valence-electron chi connectivity index (χ1n) is 36.0. The monoisotopic (exact) mass is 1140 g/mol. The molecule has 0 aromatic rings. The molecule has 2 fully saturated rings. The van der Waals surface area contributed by atoms with Gasteiger partial charge in [-0.15, -0.1) is 5.06 Å². The van der Waals surface area contributed by atoms with Gasteiger partial charge >= 0.3 is 24.1 Å². The maximum Gasteiger partial charge on any atom is 0.524 e. The molecule has 0 saturated carbocycles. The van der Waals surface area contributed by atoms with E-state index in [1.165, 1.54) is 250 Å². The number of unbranched alkanes of at least 4 members (excludes halogenated alkanes) is 51. The second-order valence-corrected chi connectivity index (χ2v) is 25.7. The Kier molecular flexibility index (Phi) is 49.5. The van der Waals surface area contributed by atoms with Gasteiger partial charge in [0, 0.05) is 0 Å². The highest BCUT2D eigenvalue weighted by atomic mass is 16.8. The van der Waals surface area contributed by atoms with Crippen molar-refractivity contribution >= 4 is 24.1 Å². The van der Waals surface area contributed by atoms with Crippen LogP contribution in [-0.4, -0.2) is 66.1 Å². The van der Waals surface area contributed by atoms with E-state index in [9.17, 15) is 19.5 Å². The van der Waals surface area contributed by atoms with E-state index in [4.69, 9.17) is 19.0 Å². The van der Waals surface area contributed by atoms with Gasteiger partial charge in [0.05, 0.1) is 32.2 Å². The van der Waals surface area contributed by atoms with Crippen LogP contribution in [0.3, 0.4) is 0 Å². The first-order valence-corrected chi connectivity index (χ1v) is 36.0. The number of carbonyl (C=O) groups is 4. The van der Waals surface area contributed by atoms with Crippen LogP contribution in [0.5, 0.6) is 0 Å². The first kappa shape index (κ1) is 75.1. The van der Waals surface area contributed by atoms with Crippen molar-refractivity contribution in [2.24, 2.45) is 11.3 Å². The third-order valence-electron chi connectivity index (χ3n) is 18.5. The van der Waals surface area contributed by atoms with E-state index in [0.717, 1.165) is 77.0 Å². The zero-order valence-corrected chi connectivity index (χ0v) is 53.9. The first-order chi connectivity index (χ1) is 39.8. The Morgan fingerprint density at radius 1 is 0.420 bits per heavy atom. The Hall–Kier alpha value is -2.04. The molecule has 1 N–H and O–H groups in total. The number of cyclic esters (lactones) is 4. The predicted octanol–water partition coefficient (Wildman–Crippen LogP) is 21.6. The highest BCUT2D eigenvalue weighted by molar-refractivity contribution is 6.02. The van der Waals surface area contributed by atoms with E-state index < -0.39 is 41.0 Å². The Morgan fingerprint density at radius 3 is 0.963 bits per heavy atom. The molecular formula is C71H133NO9. The minimum Gasteiger partial charge on any atom is -0.379 e. The highest BCUT2D eigenvalue weighted by Crippen LogP contribution is 2.51. The fraction of sp³-hybridized carbons (Fsp3) is 0.944. The van der Waals surface area contributed by atoms with Gasteiger partial charge in [-0.3, -0.25) is 4.79 Å². The highest BCUT2D eigenvalue weighted by Gasteiger charge is 2.68. The lowest BCUT2D eigenvalue weighted by atomic mass is 9.59. The maximum atomic E-state index is 15.2. The molecule has 2 unspecified atom stereocenters. The number of carbonyl (C=O) groups excluding carboxylic acids is 4. The number of rotatable bonds is 60. The van der Waals surface area contributed by atoms with E-state index in [-0.39, 0.29) is 19.3 Å². The molecule has 2 aliphatic heterocycles. The molecule has 0 aromatic heterocycles. The SMILES string of the molecule is CCCCCCCCCCCCCCCCCCCCC1C(=O)OC(=O)OC(=O)C1(O)C(CCCCCCCCCCCCCCCCCCCC)(CCCCCCCCCCCCCCCCCCCC)C(=O)ON1CCOCC1. The lowest BCUT2D eigenvalue weighted by Gasteiger charge is -2.46. The number of nitrogens with zero attached hydrogens (tertiary/aromatic N) is 1. The number of hydrogen-bond donors (Lipinski definition) is 1. The van der Waals surface area contributed by atoms with Crippen LogP contribution in [-0.2, 0) is 33.4 Å². The number of hydrogen-bond acceptors (Lipinski definition) is 10. The standard InChI is InChI=1S/C71H133NO9/c1-4-7-10-13-16-19-22-25-28-31-34-37-40-43-46-49-52-55-58-65-66(73)79-69(76)80-68(75)71(65,77)70(67(74)81-72-61-63-78-64-62-72,59-56-53-50-47-44-41-38-35-32-29-26-23-20-17-14-11-8-5-2)60-57-54-51-48-45-42-39-36-33-30-27-24-21-18-15-12-9-6-3/h65,77H,4-64H2,1-3H3. The van der Waals surface area contributed by atoms with Crippen LogP contribution in [0.2, 0.25) is 0 Å². The van der Waals surface area contributed by atoms with Crippen molar-refractivity contribution < 1.29 is 43.3 Å². The van der Waals surface area contributed by atoms with Crippen molar-refractivity contribution in [3.8, 4) is 0 Å². The summed E-state index contributed by atoms with van der Waals surface area (Å²) in [5.41, 5.74) is -4.49. The summed E-state index contributed by atoms with van der Waals surface area (Å²) in [6.45, 7) is 8.30. The molecule has 0 amide bonds. The molecule has 0 spiro atoms. The van der Waals surface area contributed by atoms with E-state index >= 15 is 4.79 Å². The summed E-state index contributed by atoms with van der Waals surface area (Å²) < 4.78 is 15.9. The zero-order chi connectivity index (χ0) is 58.4. The molecule has 2 aliphatic rings. The van der Waals surface area contributed by atoms with Crippen LogP contribution in [0.1, 0.15) is 387 Å². The molecule has 0 aliphatic carbocycles. The number of morpholine rings is 1. The summed E-state index contributed by atoms with van der Waals surface area (Å²) in [6.07, 6.45) is 64.9. The fourth-order valence-electron chi connectivity index (χ4n) is 13.1. The van der Waals surface area contributed by atoms with E-state index in [1.807, 2.05) is 0 Å². The van der Waals surface area contributed by atoms with Gasteiger partial charge in [0.15, 0.2) is 5.60 Å². The minimum absolute atomic E-state index is 0.0985. The van der Waals surface area contributed by atoms with Gasteiger partial charge in [0.2, 0.25) is 0 Å². The van der Waals surface area contributed by atoms with Crippen molar-refractivity contribution in [2.75, 3.05) is 26.3 Å². The van der Waals surface area contributed by atoms with Gasteiger partial charge in [0.25, 0.3) is 0 Å². The Bertz CT molecular complexity index is 1430. The molecule has 0 radical (unpaired) electrons. The van der Waals surface area contributed by atoms with Crippen molar-refractivity contribution in [3.63, 3.8) is 0 Å². The summed E-state index contributed by atoms with van der Waals surface area (Å²) >= 11 is 0. The largest absolute Gasteiger partial charge is 0.524 e. The van der Waals surface area contributed by atoms with Gasteiger partial charge in [0.1, 0.15) is 5.41 Å². The molecule has 2 rings (SSSR count). The van der Waals surface area contributed by atoms with Crippen LogP contribution < -0.4 is 0 Å². The van der Waals surface area contributed by atoms with Gasteiger partial charge in [-0.05, 0) is 19.3 Å². The molecule has 476 valence electrons. The molecule has 0 aromatic carbocycles. The number of hydroxylamine groups is 2. The zero-order valence-electron chi connectivity index (χ0n) is 53.9. The average Bonchev–Trinajstić information content (AvgIpc) is 3.84. The second kappa shape index (κ2) is 53.4. The smallest absolute Gasteiger partial charge is 0.379 e. The van der Waals surface area contributed by atoms with E-state index in [0.29, 0.717) is 45.6 Å². The topological polar surface area (TPSA) is 129 Å². The quantitative estimate of drug-likeness (QED) is 0.0357. The molecule has 10 heteroatoms. The third kappa shape index (κ3) is 36.5. The molecular weight excluding hydrogens is 1010 g/mol. The lowest BCUT2D eigenvalue weighted by Crippen LogP contribution is -2.65. The van der Waals surface area contributed by atoms with Crippen LogP contribution in [0.15, 0.2) is 0 Å². The fourth-order valence-corrected chi connectivity index (χ4v) is 13.1. The Morgan fingerprint density at radius 2 is 0.679 bits per heavy atom. The van der Waals surface area contributed by atoms with Crippen molar-refractivity contribution in [3.05, 3.63) is 0 Å². The van der Waals surface area contributed by atoms with Crippen LogP contribution in [0.4, 0.5) is 4.79 Å². The van der Waals surface area contributed by atoms with Gasteiger partial charge in [-0.25, -0.2) is 14.4 Å². The number of aliphatic hydroxyl groups is 1. The predicted molar refractivity (Wildman–Crippen MR) is 337 cm³/mol. The van der Waals surface area contributed by atoms with Crippen molar-refractivity contribution in [1.29, 1.82) is 0 Å². The van der Waals surface area contributed by atoms with Crippen LogP contribution in [0, 0.1) is 11.3 Å². The lowest BCUT2D eigenvalue weighted by molar-refractivity contribution is -0.238. The summed E-state index contributed by atoms with van der Waals surface area (Å²) in [5.74, 6) is -4.46. The van der Waals surface area contributed by atoms with Crippen molar-refractivity contribution in [1.82, 2.24) is 5.06 Å². The van der Waals surface area contributed by atoms with E-state index in [1.54, 1.807) is 5.06 Å². The number of ether oxygens (including phenoxy) is 3.